The second-order valence-corrected chi connectivity index (χ2v) is 5.04. The Morgan fingerprint density at radius 1 is 1.17 bits per heavy atom. The van der Waals surface area contributed by atoms with Gasteiger partial charge in [0.2, 0.25) is 0 Å². The summed E-state index contributed by atoms with van der Waals surface area (Å²) in [5.74, 6) is -0.156. The Balaban J connectivity index is 2.12. The molecule has 1 saturated heterocycles. The van der Waals surface area contributed by atoms with Crippen LogP contribution in [0.2, 0.25) is 0 Å². The predicted octanol–water partition coefficient (Wildman–Crippen LogP) is -0.694. The minimum Gasteiger partial charge on any atom is -0.497 e. The van der Waals surface area contributed by atoms with Gasteiger partial charge in [-0.1, -0.05) is 0 Å². The van der Waals surface area contributed by atoms with Gasteiger partial charge < -0.3 is 34.3 Å². The number of aliphatic hydroxyl groups is 3. The molecule has 0 aromatic heterocycles. The highest BCUT2D eigenvalue weighted by Crippen LogP contribution is 2.25. The molecule has 0 radical (unpaired) electrons. The molecule has 0 bridgehead atoms. The van der Waals surface area contributed by atoms with E-state index in [1.54, 1.807) is 12.1 Å². The maximum absolute atomic E-state index is 12.2. The number of carbonyl (C=O) groups is 1. The van der Waals surface area contributed by atoms with Gasteiger partial charge in [-0.25, -0.2) is 4.79 Å². The van der Waals surface area contributed by atoms with E-state index in [1.807, 2.05) is 0 Å². The van der Waals surface area contributed by atoms with E-state index >= 15 is 0 Å². The number of esters is 1. The van der Waals surface area contributed by atoms with Crippen molar-refractivity contribution in [3.05, 3.63) is 29.8 Å². The Morgan fingerprint density at radius 2 is 1.83 bits per heavy atom. The second-order valence-electron chi connectivity index (χ2n) is 5.04. The van der Waals surface area contributed by atoms with Gasteiger partial charge >= 0.3 is 5.97 Å². The molecule has 2 rings (SSSR count). The third-order valence-electron chi connectivity index (χ3n) is 3.62. The first-order valence-electron chi connectivity index (χ1n) is 7.02. The number of ether oxygens (including phenoxy) is 4. The van der Waals surface area contributed by atoms with Gasteiger partial charge in [-0.15, -0.1) is 0 Å². The first kappa shape index (κ1) is 17.6. The highest BCUT2D eigenvalue weighted by Gasteiger charge is 2.46. The molecule has 8 nitrogen and oxygen atoms in total. The predicted molar refractivity (Wildman–Crippen MR) is 77.0 cm³/mol. The molecule has 1 aliphatic rings. The Kier molecular flexibility index (Phi) is 5.91. The third kappa shape index (κ3) is 3.80. The maximum atomic E-state index is 12.2. The van der Waals surface area contributed by atoms with Crippen LogP contribution in [0.3, 0.4) is 0 Å². The van der Waals surface area contributed by atoms with E-state index in [-0.39, 0.29) is 5.56 Å². The van der Waals surface area contributed by atoms with Gasteiger partial charge in [0.15, 0.2) is 12.4 Å². The third-order valence-corrected chi connectivity index (χ3v) is 3.62. The molecule has 0 saturated carbocycles. The first-order valence-corrected chi connectivity index (χ1v) is 7.02. The molecule has 1 aromatic carbocycles. The quantitative estimate of drug-likeness (QED) is 0.608. The van der Waals surface area contributed by atoms with E-state index in [2.05, 4.69) is 0 Å². The van der Waals surface area contributed by atoms with Crippen molar-refractivity contribution in [3.63, 3.8) is 0 Å². The number of rotatable bonds is 5. The summed E-state index contributed by atoms with van der Waals surface area (Å²) in [6.45, 7) is -0.510. The van der Waals surface area contributed by atoms with Crippen LogP contribution < -0.4 is 4.74 Å². The van der Waals surface area contributed by atoms with Crippen molar-refractivity contribution in [2.45, 2.75) is 30.7 Å². The molecule has 0 aliphatic carbocycles. The van der Waals surface area contributed by atoms with Crippen molar-refractivity contribution >= 4 is 5.97 Å². The molecule has 23 heavy (non-hydrogen) atoms. The van der Waals surface area contributed by atoms with E-state index in [1.165, 1.54) is 26.4 Å². The van der Waals surface area contributed by atoms with Gasteiger partial charge in [-0.3, -0.25) is 0 Å². The van der Waals surface area contributed by atoms with E-state index in [9.17, 15) is 20.1 Å². The van der Waals surface area contributed by atoms with Crippen LogP contribution in [0.1, 0.15) is 10.4 Å². The molecule has 1 aromatic rings. The number of carbonyl (C=O) groups excluding carboxylic acids is 1. The number of aliphatic hydroxyl groups excluding tert-OH is 3. The summed E-state index contributed by atoms with van der Waals surface area (Å²) in [6.07, 6.45) is -6.22. The molecular weight excluding hydrogens is 308 g/mol. The largest absolute Gasteiger partial charge is 0.497 e. The lowest BCUT2D eigenvalue weighted by Crippen LogP contribution is -2.60. The lowest BCUT2D eigenvalue weighted by Gasteiger charge is -2.40. The fraction of sp³-hybridized carbons (Fsp3) is 0.533. The normalized spacial score (nSPS) is 30.7. The van der Waals surface area contributed by atoms with E-state index in [0.717, 1.165) is 0 Å². The standard InChI is InChI=1S/C15H20O8/c1-20-9-5-3-8(4-6-9)14(19)23-13-11(17)10(7-16)22-15(21-2)12(13)18/h3-6,10-13,15-18H,7H2,1-2H3/t10-,11+,12-,13+,15-/m1/s1. The number of benzene rings is 1. The van der Waals surface area contributed by atoms with Crippen LogP contribution in [0.5, 0.6) is 5.75 Å². The topological polar surface area (TPSA) is 115 Å². The van der Waals surface area contributed by atoms with E-state index < -0.39 is 43.3 Å². The van der Waals surface area contributed by atoms with Crippen molar-refractivity contribution in [3.8, 4) is 5.75 Å². The summed E-state index contributed by atoms with van der Waals surface area (Å²) in [6, 6.07) is 6.16. The molecule has 3 N–H and O–H groups in total. The fourth-order valence-electron chi connectivity index (χ4n) is 2.31. The van der Waals surface area contributed by atoms with Gasteiger partial charge in [-0.2, -0.15) is 0 Å². The van der Waals surface area contributed by atoms with Gasteiger partial charge in [0.1, 0.15) is 24.1 Å². The monoisotopic (exact) mass is 328 g/mol. The first-order chi connectivity index (χ1) is 11.0. The summed E-state index contributed by atoms with van der Waals surface area (Å²) in [5.41, 5.74) is 0.228. The van der Waals surface area contributed by atoms with Crippen LogP contribution in [0.15, 0.2) is 24.3 Å². The summed E-state index contributed by atoms with van der Waals surface area (Å²) in [4.78, 5) is 12.2. The van der Waals surface area contributed by atoms with Gasteiger partial charge in [-0.05, 0) is 24.3 Å². The lowest BCUT2D eigenvalue weighted by molar-refractivity contribution is -0.293. The Hall–Kier alpha value is -1.71. The smallest absolute Gasteiger partial charge is 0.338 e. The molecule has 5 atom stereocenters. The number of hydrogen-bond acceptors (Lipinski definition) is 8. The van der Waals surface area contributed by atoms with Gasteiger partial charge in [0.25, 0.3) is 0 Å². The highest BCUT2D eigenvalue weighted by atomic mass is 16.7. The molecular formula is C15H20O8. The van der Waals surface area contributed by atoms with Crippen molar-refractivity contribution in [1.29, 1.82) is 0 Å². The SMILES string of the molecule is COc1ccc(C(=O)O[C@H]2[C@@H](O)[C@@H](CO)O[C@@H](OC)[C@@H]2O)cc1. The molecule has 1 fully saturated rings. The molecule has 0 unspecified atom stereocenters. The van der Waals surface area contributed by atoms with E-state index in [0.29, 0.717) is 5.75 Å². The molecule has 8 heteroatoms. The van der Waals surface area contributed by atoms with Gasteiger partial charge in [0.05, 0.1) is 19.3 Å². The summed E-state index contributed by atoms with van der Waals surface area (Å²) in [7, 11) is 2.80. The maximum Gasteiger partial charge on any atom is 0.338 e. The van der Waals surface area contributed by atoms with Crippen molar-refractivity contribution in [2.75, 3.05) is 20.8 Å². The average Bonchev–Trinajstić information content (AvgIpc) is 2.58. The van der Waals surface area contributed by atoms with Crippen molar-refractivity contribution in [1.82, 2.24) is 0 Å². The van der Waals surface area contributed by atoms with Crippen LogP contribution in [0.4, 0.5) is 0 Å². The molecule has 128 valence electrons. The van der Waals surface area contributed by atoms with E-state index in [4.69, 9.17) is 18.9 Å². The Labute approximate surface area is 133 Å². The molecule has 0 spiro atoms. The summed E-state index contributed by atoms with van der Waals surface area (Å²) in [5, 5.41) is 29.4. The molecule has 0 amide bonds. The zero-order chi connectivity index (χ0) is 17.0. The minimum atomic E-state index is -1.39. The average molecular weight is 328 g/mol. The second kappa shape index (κ2) is 7.71. The lowest BCUT2D eigenvalue weighted by atomic mass is 9.99. The van der Waals surface area contributed by atoms with Crippen LogP contribution in [0.25, 0.3) is 0 Å². The minimum absolute atomic E-state index is 0.228. The number of hydrogen-bond donors (Lipinski definition) is 3. The molecule has 1 heterocycles. The Bertz CT molecular complexity index is 501. The zero-order valence-corrected chi connectivity index (χ0v) is 12.8. The van der Waals surface area contributed by atoms with Crippen molar-refractivity contribution < 1.29 is 39.1 Å². The Morgan fingerprint density at radius 3 is 2.35 bits per heavy atom. The van der Waals surface area contributed by atoms with Crippen LogP contribution >= 0.6 is 0 Å². The number of methoxy groups -OCH3 is 2. The molecule has 1 aliphatic heterocycles. The van der Waals surface area contributed by atoms with Crippen LogP contribution in [-0.4, -0.2) is 72.8 Å². The summed E-state index contributed by atoms with van der Waals surface area (Å²) < 4.78 is 20.3. The van der Waals surface area contributed by atoms with Crippen LogP contribution in [-0.2, 0) is 14.2 Å². The fourth-order valence-corrected chi connectivity index (χ4v) is 2.31. The van der Waals surface area contributed by atoms with Crippen LogP contribution in [0, 0.1) is 0 Å². The zero-order valence-electron chi connectivity index (χ0n) is 12.8. The highest BCUT2D eigenvalue weighted by molar-refractivity contribution is 5.89. The van der Waals surface area contributed by atoms with Gasteiger partial charge in [0, 0.05) is 7.11 Å². The summed E-state index contributed by atoms with van der Waals surface area (Å²) >= 11 is 0. The van der Waals surface area contributed by atoms with Crippen molar-refractivity contribution in [2.24, 2.45) is 0 Å².